The van der Waals surface area contributed by atoms with Crippen molar-refractivity contribution in [2.24, 2.45) is 0 Å². The molecule has 0 amide bonds. The second-order valence-corrected chi connectivity index (χ2v) is 5.98. The van der Waals surface area contributed by atoms with E-state index in [0.29, 0.717) is 12.8 Å². The number of carbonyl (C=O) groups is 2. The number of unbranched alkanes of at least 4 members (excludes halogenated alkanes) is 8. The molecule has 0 fully saturated rings. The molecule has 120 valence electrons. The van der Waals surface area contributed by atoms with Gasteiger partial charge in [-0.15, -0.1) is 0 Å². The summed E-state index contributed by atoms with van der Waals surface area (Å²) in [5.41, 5.74) is 0. The van der Waals surface area contributed by atoms with Crippen LogP contribution in [-0.4, -0.2) is 10.2 Å². The number of hydrogen-bond donors (Lipinski definition) is 0. The quantitative estimate of drug-likeness (QED) is 0.249. The Kier molecular flexibility index (Phi) is 39.6. The van der Waals surface area contributed by atoms with Crippen LogP contribution in [0.1, 0.15) is 90.9 Å². The summed E-state index contributed by atoms with van der Waals surface area (Å²) in [5, 5.41) is -0.173. The molecule has 6 heteroatoms. The number of carbonyl (C=O) groups excluding carboxylic acids is 2. The van der Waals surface area contributed by atoms with Gasteiger partial charge < -0.3 is 34.8 Å². The zero-order valence-corrected chi connectivity index (χ0v) is 20.8. The summed E-state index contributed by atoms with van der Waals surface area (Å²) in [6.07, 6.45) is 13.1. The van der Waals surface area contributed by atoms with Crippen LogP contribution in [0.5, 0.6) is 0 Å². The van der Waals surface area contributed by atoms with Crippen LogP contribution in [0.2, 0.25) is 0 Å². The minimum atomic E-state index is -0.0866. The van der Waals surface area contributed by atoms with Crippen molar-refractivity contribution in [3.8, 4) is 0 Å². The Morgan fingerprint density at radius 3 is 1.09 bits per heavy atom. The Bertz CT molecular complexity index is 216. The molecule has 0 aliphatic carbocycles. The van der Waals surface area contributed by atoms with Gasteiger partial charge in [0.05, 0.1) is 0 Å². The molecule has 2 nitrogen and oxygen atoms in total. The molecule has 0 saturated carbocycles. The smallest absolute Gasteiger partial charge is 0.742 e. The normalized spacial score (nSPS) is 8.82. The van der Waals surface area contributed by atoms with Crippen LogP contribution < -0.4 is 59.1 Å². The van der Waals surface area contributed by atoms with Gasteiger partial charge in [-0.3, -0.25) is 0 Å². The van der Waals surface area contributed by atoms with Crippen molar-refractivity contribution in [3.63, 3.8) is 0 Å². The standard InChI is InChI=1S/2C8H16OS.2Na/c2*1-2-3-4-5-6-7-8(9)10;;/h2*2-7H2,1H3,(H,9,10);;/q;;2*+1/p-2. The Hall–Kier alpha value is 1.78. The molecule has 22 heavy (non-hydrogen) atoms. The minimum Gasteiger partial charge on any atom is -0.742 e. The van der Waals surface area contributed by atoms with E-state index >= 15 is 0 Å². The Morgan fingerprint density at radius 2 is 0.864 bits per heavy atom. The van der Waals surface area contributed by atoms with Crippen LogP contribution in [0.4, 0.5) is 0 Å². The van der Waals surface area contributed by atoms with Gasteiger partial charge in [0.25, 0.3) is 0 Å². The molecule has 0 heterocycles. The van der Waals surface area contributed by atoms with Crippen LogP contribution in [0.25, 0.3) is 0 Å². The van der Waals surface area contributed by atoms with Crippen molar-refractivity contribution in [1.82, 2.24) is 0 Å². The first-order chi connectivity index (χ1) is 9.54. The average Bonchev–Trinajstić information content (AvgIpc) is 2.38. The van der Waals surface area contributed by atoms with Crippen LogP contribution in [-0.2, 0) is 34.8 Å². The molecule has 0 aromatic carbocycles. The third-order valence-electron chi connectivity index (χ3n) is 2.97. The third-order valence-corrected chi connectivity index (χ3v) is 3.38. The number of rotatable bonds is 12. The van der Waals surface area contributed by atoms with Crippen molar-refractivity contribution >= 4 is 35.5 Å². The van der Waals surface area contributed by atoms with E-state index in [-0.39, 0.29) is 69.3 Å². The van der Waals surface area contributed by atoms with Gasteiger partial charge in [-0.1, -0.05) is 65.2 Å². The first-order valence-electron chi connectivity index (χ1n) is 7.94. The first-order valence-corrected chi connectivity index (χ1v) is 8.75. The van der Waals surface area contributed by atoms with Crippen LogP contribution in [0, 0.1) is 0 Å². The minimum absolute atomic E-state index is 0. The zero-order chi connectivity index (χ0) is 15.6. The fourth-order valence-corrected chi connectivity index (χ4v) is 2.03. The Balaban J connectivity index is -0.000000135. The van der Waals surface area contributed by atoms with Crippen molar-refractivity contribution in [2.75, 3.05) is 0 Å². The number of hydrogen-bond acceptors (Lipinski definition) is 4. The Morgan fingerprint density at radius 1 is 0.591 bits per heavy atom. The maximum atomic E-state index is 10.3. The molecule has 0 aliphatic rings. The molecule has 0 radical (unpaired) electrons. The average molecular weight is 365 g/mol. The molecule has 0 atom stereocenters. The van der Waals surface area contributed by atoms with Crippen molar-refractivity contribution in [2.45, 2.75) is 90.9 Å². The molecule has 0 spiro atoms. The molecule has 0 unspecified atom stereocenters. The van der Waals surface area contributed by atoms with Crippen LogP contribution in [0.3, 0.4) is 0 Å². The van der Waals surface area contributed by atoms with Gasteiger partial charge >= 0.3 is 59.1 Å². The van der Waals surface area contributed by atoms with E-state index in [1.807, 2.05) is 0 Å². The topological polar surface area (TPSA) is 34.1 Å². The summed E-state index contributed by atoms with van der Waals surface area (Å²) in [4.78, 5) is 20.6. The van der Waals surface area contributed by atoms with E-state index in [4.69, 9.17) is 0 Å². The van der Waals surface area contributed by atoms with Crippen molar-refractivity contribution in [3.05, 3.63) is 0 Å². The van der Waals surface area contributed by atoms with E-state index in [9.17, 15) is 9.59 Å². The second-order valence-electron chi connectivity index (χ2n) is 5.07. The molecule has 0 saturated heterocycles. The van der Waals surface area contributed by atoms with Gasteiger partial charge in [-0.05, 0) is 25.7 Å². The van der Waals surface area contributed by atoms with Gasteiger partial charge in [0.15, 0.2) is 0 Å². The maximum absolute atomic E-state index is 10.3. The molecule has 0 aromatic heterocycles. The van der Waals surface area contributed by atoms with Gasteiger partial charge in [0, 0.05) is 10.2 Å². The predicted octanol–water partition coefficient (Wildman–Crippen LogP) is -1.15. The van der Waals surface area contributed by atoms with E-state index < -0.39 is 0 Å². The predicted molar refractivity (Wildman–Crippen MR) is 91.5 cm³/mol. The third kappa shape index (κ3) is 37.8. The molecule has 0 rings (SSSR count). The fraction of sp³-hybridized carbons (Fsp3) is 0.875. The molecule has 0 aliphatic heterocycles. The monoisotopic (exact) mass is 364 g/mol. The van der Waals surface area contributed by atoms with Crippen molar-refractivity contribution < 1.29 is 68.7 Å². The zero-order valence-electron chi connectivity index (χ0n) is 15.1. The fourth-order valence-electron chi connectivity index (χ4n) is 1.75. The largest absolute Gasteiger partial charge is 1.00 e. The van der Waals surface area contributed by atoms with Crippen LogP contribution in [0.15, 0.2) is 0 Å². The van der Waals surface area contributed by atoms with Gasteiger partial charge in [0.2, 0.25) is 0 Å². The van der Waals surface area contributed by atoms with E-state index in [1.54, 1.807) is 0 Å². The summed E-state index contributed by atoms with van der Waals surface area (Å²) in [6, 6.07) is 0. The van der Waals surface area contributed by atoms with Gasteiger partial charge in [-0.25, -0.2) is 0 Å². The van der Waals surface area contributed by atoms with E-state index in [2.05, 4.69) is 39.1 Å². The molecule has 0 bridgehead atoms. The molecule has 0 aromatic rings. The summed E-state index contributed by atoms with van der Waals surface area (Å²) in [7, 11) is 0. The molecular formula is C16H30Na2O2S2. The Labute approximate surface area is 193 Å². The SMILES string of the molecule is CCCCCCCC(=O)[S-].CCCCCCCC(=O)[S-].[Na+].[Na+]. The van der Waals surface area contributed by atoms with Crippen molar-refractivity contribution in [1.29, 1.82) is 0 Å². The van der Waals surface area contributed by atoms with Gasteiger partial charge in [-0.2, -0.15) is 0 Å². The second kappa shape index (κ2) is 27.6. The van der Waals surface area contributed by atoms with E-state index in [0.717, 1.165) is 25.7 Å². The molecular weight excluding hydrogens is 334 g/mol. The summed E-state index contributed by atoms with van der Waals surface area (Å²) >= 11 is 8.84. The first kappa shape index (κ1) is 31.5. The maximum Gasteiger partial charge on any atom is 1.00 e. The summed E-state index contributed by atoms with van der Waals surface area (Å²) in [6.45, 7) is 4.36. The van der Waals surface area contributed by atoms with Gasteiger partial charge in [0.1, 0.15) is 0 Å². The molecule has 0 N–H and O–H groups in total. The summed E-state index contributed by atoms with van der Waals surface area (Å²) in [5.74, 6) is 0. The summed E-state index contributed by atoms with van der Waals surface area (Å²) < 4.78 is 0. The van der Waals surface area contributed by atoms with Crippen LogP contribution >= 0.6 is 0 Å². The van der Waals surface area contributed by atoms with E-state index in [1.165, 1.54) is 38.5 Å².